The van der Waals surface area contributed by atoms with Crippen LogP contribution in [0.4, 0.5) is 10.5 Å². The van der Waals surface area contributed by atoms with E-state index in [1.165, 1.54) is 28.4 Å². The van der Waals surface area contributed by atoms with Gasteiger partial charge in [-0.1, -0.05) is 36.4 Å². The number of rotatable bonds is 6. The number of amides is 1. The molecular formula is C18H15N3O4S. The Morgan fingerprint density at radius 2 is 2.08 bits per heavy atom. The van der Waals surface area contributed by atoms with E-state index in [0.29, 0.717) is 11.2 Å². The number of benzene rings is 1. The van der Waals surface area contributed by atoms with E-state index >= 15 is 0 Å². The molecular weight excluding hydrogens is 354 g/mol. The van der Waals surface area contributed by atoms with Crippen LogP contribution in [0.3, 0.4) is 0 Å². The molecule has 0 bridgehead atoms. The predicted molar refractivity (Wildman–Crippen MR) is 97.3 cm³/mol. The first-order valence-corrected chi connectivity index (χ1v) is 8.59. The molecule has 1 unspecified atom stereocenters. The average Bonchev–Trinajstić information content (AvgIpc) is 3.19. The van der Waals surface area contributed by atoms with Crippen molar-refractivity contribution in [3.63, 3.8) is 0 Å². The van der Waals surface area contributed by atoms with Crippen LogP contribution in [-0.2, 0) is 16.1 Å². The van der Waals surface area contributed by atoms with Crippen LogP contribution in [-0.4, -0.2) is 21.9 Å². The number of nitrogens with one attached hydrogen (secondary N) is 1. The lowest BCUT2D eigenvalue weighted by Gasteiger charge is -2.13. The molecule has 0 fully saturated rings. The highest BCUT2D eigenvalue weighted by molar-refractivity contribution is 7.10. The monoisotopic (exact) mass is 369 g/mol. The Hall–Kier alpha value is -3.26. The van der Waals surface area contributed by atoms with Crippen molar-refractivity contribution < 1.29 is 14.3 Å². The van der Waals surface area contributed by atoms with Crippen LogP contribution in [0, 0.1) is 0 Å². The Bertz CT molecular complexity index is 939. The summed E-state index contributed by atoms with van der Waals surface area (Å²) < 4.78 is 6.26. The summed E-state index contributed by atoms with van der Waals surface area (Å²) in [6.07, 6.45) is 2.37. The normalized spacial score (nSPS) is 11.5. The van der Waals surface area contributed by atoms with Gasteiger partial charge >= 0.3 is 6.09 Å². The van der Waals surface area contributed by atoms with Gasteiger partial charge in [-0.2, -0.15) is 0 Å². The smallest absolute Gasteiger partial charge is 0.412 e. The van der Waals surface area contributed by atoms with Crippen LogP contribution < -0.4 is 10.9 Å². The largest absolute Gasteiger partial charge is 0.444 e. The molecule has 0 aliphatic heterocycles. The zero-order valence-corrected chi connectivity index (χ0v) is 14.4. The number of ether oxygens (including phenoxy) is 1. The third-order valence-electron chi connectivity index (χ3n) is 3.57. The second-order valence-electron chi connectivity index (χ2n) is 5.30. The molecule has 0 saturated heterocycles. The van der Waals surface area contributed by atoms with E-state index in [1.807, 2.05) is 35.7 Å². The Balaban J connectivity index is 1.74. The fourth-order valence-corrected chi connectivity index (χ4v) is 3.09. The summed E-state index contributed by atoms with van der Waals surface area (Å²) in [5.41, 5.74) is 0.223. The molecule has 0 aliphatic rings. The summed E-state index contributed by atoms with van der Waals surface area (Å²) in [6, 6.07) is 11.9. The van der Waals surface area contributed by atoms with E-state index in [-0.39, 0.29) is 12.3 Å². The number of carbonyl (C=O) groups excluding carboxylic acids is 2. The third-order valence-corrected chi connectivity index (χ3v) is 4.52. The standard InChI is InChI=1S/C18H15N3O4S/c22-10-15(16-7-4-8-26-16)21-12-19-9-14(17(21)23)20-18(24)25-11-13-5-2-1-3-6-13/h1-10,12,15H,11H2,(H,20,24). The van der Waals surface area contributed by atoms with Crippen molar-refractivity contribution in [2.24, 2.45) is 0 Å². The van der Waals surface area contributed by atoms with Gasteiger partial charge in [-0.15, -0.1) is 11.3 Å². The second kappa shape index (κ2) is 8.21. The van der Waals surface area contributed by atoms with Gasteiger partial charge in [0.2, 0.25) is 0 Å². The van der Waals surface area contributed by atoms with Crippen LogP contribution in [0.25, 0.3) is 0 Å². The van der Waals surface area contributed by atoms with Crippen molar-refractivity contribution in [2.45, 2.75) is 12.6 Å². The molecule has 0 radical (unpaired) electrons. The van der Waals surface area contributed by atoms with Crippen molar-refractivity contribution in [1.82, 2.24) is 9.55 Å². The molecule has 2 heterocycles. The highest BCUT2D eigenvalue weighted by Gasteiger charge is 2.18. The minimum absolute atomic E-state index is 0.0611. The molecule has 1 amide bonds. The van der Waals surface area contributed by atoms with Gasteiger partial charge in [-0.25, -0.2) is 9.78 Å². The molecule has 132 valence electrons. The molecule has 26 heavy (non-hydrogen) atoms. The van der Waals surface area contributed by atoms with E-state index < -0.39 is 17.7 Å². The molecule has 3 aromatic rings. The number of nitrogens with zero attached hydrogens (tertiary/aromatic N) is 2. The number of thiophene rings is 1. The summed E-state index contributed by atoms with van der Waals surface area (Å²) in [7, 11) is 0. The topological polar surface area (TPSA) is 90.3 Å². The molecule has 8 heteroatoms. The van der Waals surface area contributed by atoms with Gasteiger partial charge in [-0.05, 0) is 17.0 Å². The summed E-state index contributed by atoms with van der Waals surface area (Å²) >= 11 is 1.35. The van der Waals surface area contributed by atoms with Crippen molar-refractivity contribution in [1.29, 1.82) is 0 Å². The first-order chi connectivity index (χ1) is 12.7. The third kappa shape index (κ3) is 4.04. The van der Waals surface area contributed by atoms with Gasteiger partial charge in [0.05, 0.1) is 12.5 Å². The molecule has 1 N–H and O–H groups in total. The van der Waals surface area contributed by atoms with Gasteiger partial charge in [0.15, 0.2) is 0 Å². The number of anilines is 1. The van der Waals surface area contributed by atoms with Crippen molar-refractivity contribution >= 4 is 29.4 Å². The fraction of sp³-hybridized carbons (Fsp3) is 0.111. The number of hydrogen-bond donors (Lipinski definition) is 1. The number of aldehydes is 1. The molecule has 0 aliphatic carbocycles. The number of aromatic nitrogens is 2. The van der Waals surface area contributed by atoms with Gasteiger partial charge in [0.25, 0.3) is 5.56 Å². The van der Waals surface area contributed by atoms with Crippen LogP contribution in [0.2, 0.25) is 0 Å². The Morgan fingerprint density at radius 3 is 2.77 bits per heavy atom. The molecule has 1 aromatic carbocycles. The van der Waals surface area contributed by atoms with Crippen LogP contribution >= 0.6 is 11.3 Å². The van der Waals surface area contributed by atoms with Crippen molar-refractivity contribution in [3.8, 4) is 0 Å². The quantitative estimate of drug-likeness (QED) is 0.675. The van der Waals surface area contributed by atoms with Crippen LogP contribution in [0.1, 0.15) is 16.5 Å². The molecule has 0 spiro atoms. The van der Waals surface area contributed by atoms with Crippen molar-refractivity contribution in [3.05, 3.63) is 81.2 Å². The molecule has 3 rings (SSSR count). The van der Waals surface area contributed by atoms with Gasteiger partial charge in [-0.3, -0.25) is 14.7 Å². The zero-order valence-electron chi connectivity index (χ0n) is 13.6. The van der Waals surface area contributed by atoms with Crippen LogP contribution in [0.5, 0.6) is 0 Å². The van der Waals surface area contributed by atoms with Gasteiger partial charge < -0.3 is 9.53 Å². The minimum Gasteiger partial charge on any atom is -0.444 e. The minimum atomic E-state index is -0.794. The predicted octanol–water partition coefficient (Wildman–Crippen LogP) is 2.84. The first kappa shape index (κ1) is 17.6. The summed E-state index contributed by atoms with van der Waals surface area (Å²) in [6.45, 7) is 0.0767. The van der Waals surface area contributed by atoms with E-state index in [9.17, 15) is 14.4 Å². The summed E-state index contributed by atoms with van der Waals surface area (Å²) in [5, 5.41) is 4.19. The lowest BCUT2D eigenvalue weighted by molar-refractivity contribution is -0.109. The maximum Gasteiger partial charge on any atom is 0.412 e. The lowest BCUT2D eigenvalue weighted by atomic mass is 10.2. The molecule has 0 saturated carbocycles. The average molecular weight is 369 g/mol. The van der Waals surface area contributed by atoms with Crippen LogP contribution in [0.15, 0.2) is 65.2 Å². The number of carbonyl (C=O) groups is 2. The highest BCUT2D eigenvalue weighted by Crippen LogP contribution is 2.20. The molecule has 7 nitrogen and oxygen atoms in total. The molecule has 2 aromatic heterocycles. The fourth-order valence-electron chi connectivity index (χ4n) is 2.31. The van der Waals surface area contributed by atoms with E-state index in [4.69, 9.17) is 4.74 Å². The Morgan fingerprint density at radius 1 is 1.27 bits per heavy atom. The second-order valence-corrected chi connectivity index (χ2v) is 6.28. The van der Waals surface area contributed by atoms with E-state index in [0.717, 1.165) is 5.56 Å². The SMILES string of the molecule is O=CC(c1cccs1)n1cncc(NC(=O)OCc2ccccc2)c1=O. The Kier molecular flexibility index (Phi) is 5.55. The Labute approximate surface area is 152 Å². The van der Waals surface area contributed by atoms with Crippen molar-refractivity contribution in [2.75, 3.05) is 5.32 Å². The highest BCUT2D eigenvalue weighted by atomic mass is 32.1. The number of hydrogen-bond acceptors (Lipinski definition) is 6. The maximum atomic E-state index is 12.6. The van der Waals surface area contributed by atoms with E-state index in [1.54, 1.807) is 12.1 Å². The summed E-state index contributed by atoms with van der Waals surface area (Å²) in [4.78, 5) is 40.6. The van der Waals surface area contributed by atoms with E-state index in [2.05, 4.69) is 10.3 Å². The molecule has 1 atom stereocenters. The van der Waals surface area contributed by atoms with Gasteiger partial charge in [0, 0.05) is 4.88 Å². The maximum absolute atomic E-state index is 12.6. The zero-order chi connectivity index (χ0) is 18.4. The van der Waals surface area contributed by atoms with Gasteiger partial charge in [0.1, 0.15) is 24.6 Å². The summed E-state index contributed by atoms with van der Waals surface area (Å²) in [5.74, 6) is 0. The lowest BCUT2D eigenvalue weighted by Crippen LogP contribution is -2.30. The first-order valence-electron chi connectivity index (χ1n) is 7.71.